The molecule has 5 nitrogen and oxygen atoms in total. The smallest absolute Gasteiger partial charge is 0.191 e. The third-order valence-corrected chi connectivity index (χ3v) is 5.72. The van der Waals surface area contributed by atoms with Gasteiger partial charge >= 0.3 is 0 Å². The highest BCUT2D eigenvalue weighted by Crippen LogP contribution is 2.20. The van der Waals surface area contributed by atoms with E-state index in [1.807, 2.05) is 12.3 Å². The lowest BCUT2D eigenvalue weighted by molar-refractivity contribution is 0.188. The normalized spacial score (nSPS) is 16.6. The molecule has 0 bridgehead atoms. The van der Waals surface area contributed by atoms with E-state index in [0.717, 1.165) is 48.8 Å². The number of halogens is 1. The molecule has 0 saturated carbocycles. The van der Waals surface area contributed by atoms with Crippen molar-refractivity contribution in [3.63, 3.8) is 0 Å². The van der Waals surface area contributed by atoms with Crippen LogP contribution in [0.15, 0.2) is 29.4 Å². The summed E-state index contributed by atoms with van der Waals surface area (Å²) in [6.07, 6.45) is 6.61. The Hall–Kier alpha value is -2.08. The van der Waals surface area contributed by atoms with Crippen LogP contribution in [0.2, 0.25) is 0 Å². The molecule has 6 heteroatoms. The predicted molar refractivity (Wildman–Crippen MR) is 115 cm³/mol. The van der Waals surface area contributed by atoms with Crippen molar-refractivity contribution in [3.8, 4) is 0 Å². The summed E-state index contributed by atoms with van der Waals surface area (Å²) in [5.41, 5.74) is 2.05. The molecule has 0 spiro atoms. The second-order valence-corrected chi connectivity index (χ2v) is 7.61. The number of aromatic nitrogens is 1. The lowest BCUT2D eigenvalue weighted by Gasteiger charge is -2.30. The zero-order valence-corrected chi connectivity index (χ0v) is 17.2. The third kappa shape index (κ3) is 5.71. The standard InChI is InChI=1S/C22H34FN5/c1-3-24-22(25-11-7-17-9-13-28(4-2)14-10-17)26-12-8-18-16-27-21-15-19(23)5-6-20(18)21/h5-6,15-17,27H,3-4,7-14H2,1-2H3,(H2,24,25,26). The Morgan fingerprint density at radius 3 is 2.82 bits per heavy atom. The van der Waals surface area contributed by atoms with Crippen LogP contribution in [-0.4, -0.2) is 55.1 Å². The van der Waals surface area contributed by atoms with E-state index in [4.69, 9.17) is 4.99 Å². The van der Waals surface area contributed by atoms with Crippen LogP contribution in [0.4, 0.5) is 4.39 Å². The lowest BCUT2D eigenvalue weighted by Crippen LogP contribution is -2.38. The van der Waals surface area contributed by atoms with Gasteiger partial charge in [0.15, 0.2) is 5.96 Å². The Morgan fingerprint density at radius 1 is 1.25 bits per heavy atom. The number of nitrogens with zero attached hydrogens (tertiary/aromatic N) is 2. The summed E-state index contributed by atoms with van der Waals surface area (Å²) >= 11 is 0. The molecule has 0 aliphatic carbocycles. The number of benzene rings is 1. The van der Waals surface area contributed by atoms with E-state index in [1.54, 1.807) is 6.07 Å². The average Bonchev–Trinajstić information content (AvgIpc) is 3.10. The van der Waals surface area contributed by atoms with Crippen molar-refractivity contribution in [2.75, 3.05) is 39.3 Å². The SMILES string of the molecule is CCNC(=NCCC1CCN(CC)CC1)NCCc1c[nH]c2cc(F)ccc12. The molecule has 0 unspecified atom stereocenters. The molecule has 154 valence electrons. The predicted octanol–water partition coefficient (Wildman–Crippen LogP) is 3.53. The molecule has 2 aromatic rings. The summed E-state index contributed by atoms with van der Waals surface area (Å²) in [4.78, 5) is 10.4. The van der Waals surface area contributed by atoms with Crippen molar-refractivity contribution in [1.82, 2.24) is 20.5 Å². The van der Waals surface area contributed by atoms with Gasteiger partial charge in [-0.15, -0.1) is 0 Å². The lowest BCUT2D eigenvalue weighted by atomic mass is 9.94. The first kappa shape index (κ1) is 20.6. The number of H-pyrrole nitrogens is 1. The second kappa shape index (κ2) is 10.5. The first-order valence-electron chi connectivity index (χ1n) is 10.7. The van der Waals surface area contributed by atoms with Gasteiger partial charge in [-0.1, -0.05) is 6.92 Å². The minimum absolute atomic E-state index is 0.207. The summed E-state index contributed by atoms with van der Waals surface area (Å²) < 4.78 is 13.3. The highest BCUT2D eigenvalue weighted by Gasteiger charge is 2.17. The van der Waals surface area contributed by atoms with Gasteiger partial charge in [-0.3, -0.25) is 4.99 Å². The largest absolute Gasteiger partial charge is 0.361 e. The van der Waals surface area contributed by atoms with Crippen LogP contribution in [0.1, 0.15) is 38.7 Å². The molecule has 0 radical (unpaired) electrons. The fraction of sp³-hybridized carbons (Fsp3) is 0.591. The number of nitrogens with one attached hydrogen (secondary N) is 3. The second-order valence-electron chi connectivity index (χ2n) is 7.61. The van der Waals surface area contributed by atoms with Gasteiger partial charge in [-0.25, -0.2) is 4.39 Å². The molecule has 1 aliphatic rings. The zero-order chi connectivity index (χ0) is 19.8. The van der Waals surface area contributed by atoms with Gasteiger partial charge in [0.25, 0.3) is 0 Å². The Bertz CT molecular complexity index is 761. The number of aromatic amines is 1. The summed E-state index contributed by atoms with van der Waals surface area (Å²) in [6.45, 7) is 10.5. The summed E-state index contributed by atoms with van der Waals surface area (Å²) in [7, 11) is 0. The first-order valence-corrected chi connectivity index (χ1v) is 10.7. The fourth-order valence-electron chi connectivity index (χ4n) is 3.97. The minimum Gasteiger partial charge on any atom is -0.361 e. The number of guanidine groups is 1. The van der Waals surface area contributed by atoms with E-state index in [2.05, 4.69) is 34.4 Å². The van der Waals surface area contributed by atoms with Crippen LogP contribution in [0.3, 0.4) is 0 Å². The van der Waals surface area contributed by atoms with Crippen molar-refractivity contribution >= 4 is 16.9 Å². The third-order valence-electron chi connectivity index (χ3n) is 5.72. The van der Waals surface area contributed by atoms with Crippen molar-refractivity contribution in [1.29, 1.82) is 0 Å². The van der Waals surface area contributed by atoms with Gasteiger partial charge in [-0.05, 0) is 81.9 Å². The van der Waals surface area contributed by atoms with Crippen molar-refractivity contribution < 1.29 is 4.39 Å². The molecule has 0 atom stereocenters. The van der Waals surface area contributed by atoms with Crippen LogP contribution < -0.4 is 10.6 Å². The summed E-state index contributed by atoms with van der Waals surface area (Å²) in [5, 5.41) is 7.85. The molecule has 1 aromatic heterocycles. The maximum absolute atomic E-state index is 13.3. The van der Waals surface area contributed by atoms with Crippen LogP contribution in [0.5, 0.6) is 0 Å². The average molecular weight is 388 g/mol. The Labute approximate surface area is 167 Å². The van der Waals surface area contributed by atoms with E-state index in [1.165, 1.54) is 50.5 Å². The topological polar surface area (TPSA) is 55.5 Å². The number of hydrogen-bond acceptors (Lipinski definition) is 2. The first-order chi connectivity index (χ1) is 13.7. The van der Waals surface area contributed by atoms with E-state index in [-0.39, 0.29) is 5.82 Å². The molecule has 2 heterocycles. The number of piperidine rings is 1. The molecule has 1 fully saturated rings. The monoisotopic (exact) mass is 387 g/mol. The van der Waals surface area contributed by atoms with Crippen molar-refractivity contribution in [2.24, 2.45) is 10.9 Å². The summed E-state index contributed by atoms with van der Waals surface area (Å²) in [6, 6.07) is 4.91. The van der Waals surface area contributed by atoms with Gasteiger partial charge in [0.1, 0.15) is 5.82 Å². The Morgan fingerprint density at radius 2 is 2.07 bits per heavy atom. The number of rotatable bonds is 8. The van der Waals surface area contributed by atoms with E-state index >= 15 is 0 Å². The zero-order valence-electron chi connectivity index (χ0n) is 17.2. The number of likely N-dealkylation sites (tertiary alicyclic amines) is 1. The molecule has 3 N–H and O–H groups in total. The Kier molecular flexibility index (Phi) is 7.71. The highest BCUT2D eigenvalue weighted by molar-refractivity contribution is 5.83. The molecule has 1 aliphatic heterocycles. The Balaban J connectivity index is 1.45. The molecule has 1 aromatic carbocycles. The van der Waals surface area contributed by atoms with Crippen molar-refractivity contribution in [2.45, 2.75) is 39.5 Å². The maximum atomic E-state index is 13.3. The molecular formula is C22H34FN5. The van der Waals surface area contributed by atoms with Gasteiger partial charge in [-0.2, -0.15) is 0 Å². The van der Waals surface area contributed by atoms with Gasteiger partial charge in [0.2, 0.25) is 0 Å². The minimum atomic E-state index is -0.207. The molecular weight excluding hydrogens is 353 g/mol. The van der Waals surface area contributed by atoms with Crippen LogP contribution in [0, 0.1) is 11.7 Å². The van der Waals surface area contributed by atoms with E-state index < -0.39 is 0 Å². The summed E-state index contributed by atoms with van der Waals surface area (Å²) in [5.74, 6) is 1.49. The maximum Gasteiger partial charge on any atom is 0.191 e. The number of fused-ring (bicyclic) bond motifs is 1. The van der Waals surface area contributed by atoms with Gasteiger partial charge in [0, 0.05) is 36.7 Å². The molecule has 3 rings (SSSR count). The van der Waals surface area contributed by atoms with E-state index in [9.17, 15) is 4.39 Å². The van der Waals surface area contributed by atoms with Crippen LogP contribution in [-0.2, 0) is 6.42 Å². The van der Waals surface area contributed by atoms with Gasteiger partial charge in [0.05, 0.1) is 0 Å². The van der Waals surface area contributed by atoms with E-state index in [0.29, 0.717) is 0 Å². The van der Waals surface area contributed by atoms with Gasteiger partial charge < -0.3 is 20.5 Å². The molecule has 28 heavy (non-hydrogen) atoms. The molecule has 0 amide bonds. The number of aliphatic imine (C=N–C) groups is 1. The van der Waals surface area contributed by atoms with Crippen LogP contribution in [0.25, 0.3) is 10.9 Å². The van der Waals surface area contributed by atoms with Crippen LogP contribution >= 0.6 is 0 Å². The van der Waals surface area contributed by atoms with Crippen molar-refractivity contribution in [3.05, 3.63) is 35.8 Å². The fourth-order valence-corrected chi connectivity index (χ4v) is 3.97. The number of hydrogen-bond donors (Lipinski definition) is 3. The highest BCUT2D eigenvalue weighted by atomic mass is 19.1. The molecule has 1 saturated heterocycles. The quantitative estimate of drug-likeness (QED) is 0.480.